The number of aliphatic carboxylic acids is 1. The average Bonchev–Trinajstić information content (AvgIpc) is 2.14. The van der Waals surface area contributed by atoms with Gasteiger partial charge in [0.25, 0.3) is 0 Å². The molecule has 9 heteroatoms. The van der Waals surface area contributed by atoms with Gasteiger partial charge in [-0.25, -0.2) is 4.79 Å². The molecular formula is C8H10F3NO5. The first-order chi connectivity index (χ1) is 7.68. The summed E-state index contributed by atoms with van der Waals surface area (Å²) < 4.78 is 40.0. The Morgan fingerprint density at radius 2 is 1.88 bits per heavy atom. The molecule has 0 aromatic carbocycles. The van der Waals surface area contributed by atoms with Gasteiger partial charge in [0, 0.05) is 0 Å². The molecule has 0 aliphatic carbocycles. The van der Waals surface area contributed by atoms with E-state index < -0.39 is 36.5 Å². The quantitative estimate of drug-likeness (QED) is 0.680. The molecule has 0 rings (SSSR count). The highest BCUT2D eigenvalue weighted by molar-refractivity contribution is 5.89. The molecule has 6 nitrogen and oxygen atoms in total. The van der Waals surface area contributed by atoms with Crippen LogP contribution in [-0.2, 0) is 19.1 Å². The van der Waals surface area contributed by atoms with E-state index in [4.69, 9.17) is 5.11 Å². The predicted octanol–water partition coefficient (Wildman–Crippen LogP) is 0.0713. The van der Waals surface area contributed by atoms with Crippen LogP contribution in [0.1, 0.15) is 13.3 Å². The highest BCUT2D eigenvalue weighted by Crippen LogP contribution is 2.15. The minimum Gasteiger partial charge on any atom is -0.481 e. The van der Waals surface area contributed by atoms with Gasteiger partial charge in [0.15, 0.2) is 0 Å². The van der Waals surface area contributed by atoms with Crippen LogP contribution in [0.15, 0.2) is 0 Å². The maximum absolute atomic E-state index is 11.9. The molecular weight excluding hydrogens is 247 g/mol. The van der Waals surface area contributed by atoms with Crippen molar-refractivity contribution in [1.29, 1.82) is 0 Å². The predicted molar refractivity (Wildman–Crippen MR) is 46.9 cm³/mol. The summed E-state index contributed by atoms with van der Waals surface area (Å²) >= 11 is 0. The highest BCUT2D eigenvalue weighted by atomic mass is 19.4. The van der Waals surface area contributed by atoms with E-state index in [0.717, 1.165) is 0 Å². The number of rotatable bonds is 5. The Balaban J connectivity index is 4.65. The summed E-state index contributed by atoms with van der Waals surface area (Å²) in [6.07, 6.45) is -6.18. The maximum Gasteiger partial charge on any atom is 0.471 e. The van der Waals surface area contributed by atoms with Crippen LogP contribution in [0.3, 0.4) is 0 Å². The standard InChI is InChI=1S/C8H10F3NO5/c1-2-17-6(15)4(3-5(13)14)12-7(16)8(9,10)11/h4H,2-3H2,1H3,(H,12,16)(H,13,14). The van der Waals surface area contributed by atoms with Crippen molar-refractivity contribution in [2.24, 2.45) is 0 Å². The number of alkyl halides is 3. The van der Waals surface area contributed by atoms with Crippen molar-refractivity contribution < 1.29 is 37.4 Å². The third-order valence-corrected chi connectivity index (χ3v) is 1.51. The lowest BCUT2D eigenvalue weighted by Gasteiger charge is -2.16. The minimum atomic E-state index is -5.19. The third-order valence-electron chi connectivity index (χ3n) is 1.51. The first-order valence-corrected chi connectivity index (χ1v) is 4.44. The van der Waals surface area contributed by atoms with Gasteiger partial charge < -0.3 is 15.2 Å². The first-order valence-electron chi connectivity index (χ1n) is 4.44. The van der Waals surface area contributed by atoms with Crippen molar-refractivity contribution in [2.75, 3.05) is 6.61 Å². The Morgan fingerprint density at radius 3 is 2.24 bits per heavy atom. The van der Waals surface area contributed by atoms with Gasteiger partial charge in [-0.2, -0.15) is 13.2 Å². The van der Waals surface area contributed by atoms with Crippen molar-refractivity contribution in [1.82, 2.24) is 5.32 Å². The number of hydrogen-bond acceptors (Lipinski definition) is 4. The summed E-state index contributed by atoms with van der Waals surface area (Å²) in [5, 5.41) is 9.63. The van der Waals surface area contributed by atoms with Crippen LogP contribution in [-0.4, -0.2) is 41.8 Å². The topological polar surface area (TPSA) is 92.7 Å². The number of carboxylic acid groups (broad SMARTS) is 1. The molecule has 0 aromatic rings. The fourth-order valence-corrected chi connectivity index (χ4v) is 0.851. The van der Waals surface area contributed by atoms with Crippen LogP contribution >= 0.6 is 0 Å². The normalized spacial score (nSPS) is 12.7. The zero-order valence-corrected chi connectivity index (χ0v) is 8.71. The van der Waals surface area contributed by atoms with Gasteiger partial charge in [0.1, 0.15) is 6.04 Å². The van der Waals surface area contributed by atoms with Crippen molar-refractivity contribution in [2.45, 2.75) is 25.6 Å². The molecule has 0 aromatic heterocycles. The summed E-state index contributed by atoms with van der Waals surface area (Å²) in [5.74, 6) is -5.16. The number of hydrogen-bond donors (Lipinski definition) is 2. The first kappa shape index (κ1) is 15.2. The Bertz CT molecular complexity index is 315. The van der Waals surface area contributed by atoms with E-state index in [1.807, 2.05) is 0 Å². The molecule has 0 aliphatic heterocycles. The second kappa shape index (κ2) is 6.06. The lowest BCUT2D eigenvalue weighted by atomic mass is 10.2. The Morgan fingerprint density at radius 1 is 1.35 bits per heavy atom. The van der Waals surface area contributed by atoms with Gasteiger partial charge in [0.2, 0.25) is 0 Å². The molecule has 1 amide bonds. The second-order valence-corrected chi connectivity index (χ2v) is 2.87. The van der Waals surface area contributed by atoms with Crippen LogP contribution < -0.4 is 5.32 Å². The molecule has 0 radical (unpaired) electrons. The molecule has 0 aliphatic rings. The SMILES string of the molecule is CCOC(=O)C(CC(=O)O)NC(=O)C(F)(F)F. The van der Waals surface area contributed by atoms with Crippen LogP contribution in [0.5, 0.6) is 0 Å². The molecule has 0 spiro atoms. The number of halogens is 3. The lowest BCUT2D eigenvalue weighted by Crippen LogP contribution is -2.48. The van der Waals surface area contributed by atoms with Crippen LogP contribution in [0.2, 0.25) is 0 Å². The van der Waals surface area contributed by atoms with E-state index in [-0.39, 0.29) is 6.61 Å². The Labute approximate surface area is 93.7 Å². The third kappa shape index (κ3) is 5.73. The molecule has 0 heterocycles. The highest BCUT2D eigenvalue weighted by Gasteiger charge is 2.41. The van der Waals surface area contributed by atoms with Gasteiger partial charge >= 0.3 is 24.0 Å². The fraction of sp³-hybridized carbons (Fsp3) is 0.625. The molecule has 1 atom stereocenters. The summed E-state index contributed by atoms with van der Waals surface area (Å²) in [5.41, 5.74) is 0. The van der Waals surface area contributed by atoms with E-state index in [1.165, 1.54) is 12.2 Å². The molecule has 0 bridgehead atoms. The molecule has 17 heavy (non-hydrogen) atoms. The van der Waals surface area contributed by atoms with E-state index in [1.54, 1.807) is 0 Å². The zero-order chi connectivity index (χ0) is 13.6. The van der Waals surface area contributed by atoms with Gasteiger partial charge in [-0.1, -0.05) is 0 Å². The maximum atomic E-state index is 11.9. The van der Waals surface area contributed by atoms with E-state index in [0.29, 0.717) is 0 Å². The number of amides is 1. The summed E-state index contributed by atoms with van der Waals surface area (Å²) in [7, 11) is 0. The lowest BCUT2D eigenvalue weighted by molar-refractivity contribution is -0.176. The molecule has 0 saturated carbocycles. The minimum absolute atomic E-state index is 0.142. The monoisotopic (exact) mass is 257 g/mol. The fourth-order valence-electron chi connectivity index (χ4n) is 0.851. The van der Waals surface area contributed by atoms with Crippen molar-refractivity contribution in [3.63, 3.8) is 0 Å². The van der Waals surface area contributed by atoms with E-state index in [2.05, 4.69) is 4.74 Å². The Kier molecular flexibility index (Phi) is 5.42. The smallest absolute Gasteiger partial charge is 0.471 e. The van der Waals surface area contributed by atoms with Crippen molar-refractivity contribution >= 4 is 17.8 Å². The van der Waals surface area contributed by atoms with Gasteiger partial charge in [-0.15, -0.1) is 0 Å². The molecule has 0 saturated heterocycles. The largest absolute Gasteiger partial charge is 0.481 e. The zero-order valence-electron chi connectivity index (χ0n) is 8.71. The average molecular weight is 257 g/mol. The molecule has 98 valence electrons. The molecule has 1 unspecified atom stereocenters. The number of carboxylic acids is 1. The summed E-state index contributed by atoms with van der Waals surface area (Å²) in [4.78, 5) is 31.9. The van der Waals surface area contributed by atoms with E-state index in [9.17, 15) is 27.6 Å². The van der Waals surface area contributed by atoms with E-state index >= 15 is 0 Å². The molecule has 2 N–H and O–H groups in total. The number of ether oxygens (including phenoxy) is 1. The van der Waals surface area contributed by atoms with Gasteiger partial charge in [-0.3, -0.25) is 9.59 Å². The second-order valence-electron chi connectivity index (χ2n) is 2.87. The summed E-state index contributed by atoms with van der Waals surface area (Å²) in [6, 6.07) is -1.86. The van der Waals surface area contributed by atoms with Crippen LogP contribution in [0.4, 0.5) is 13.2 Å². The number of carbonyl (C=O) groups is 3. The van der Waals surface area contributed by atoms with Crippen LogP contribution in [0.25, 0.3) is 0 Å². The van der Waals surface area contributed by atoms with Gasteiger partial charge in [0.05, 0.1) is 13.0 Å². The Hall–Kier alpha value is -1.80. The molecule has 0 fully saturated rings. The number of carbonyl (C=O) groups excluding carboxylic acids is 2. The summed E-state index contributed by atoms with van der Waals surface area (Å²) in [6.45, 7) is 1.25. The number of nitrogens with one attached hydrogen (secondary N) is 1. The van der Waals surface area contributed by atoms with Crippen molar-refractivity contribution in [3.8, 4) is 0 Å². The number of esters is 1. The van der Waals surface area contributed by atoms with Gasteiger partial charge in [-0.05, 0) is 6.92 Å². The van der Waals surface area contributed by atoms with Crippen LogP contribution in [0, 0.1) is 0 Å². The van der Waals surface area contributed by atoms with Crippen molar-refractivity contribution in [3.05, 3.63) is 0 Å².